The van der Waals surface area contributed by atoms with E-state index in [0.29, 0.717) is 22.8 Å². The van der Waals surface area contributed by atoms with Crippen molar-refractivity contribution < 1.29 is 24.1 Å². The summed E-state index contributed by atoms with van der Waals surface area (Å²) in [4.78, 5) is 12.2. The number of ether oxygens (including phenoxy) is 3. The van der Waals surface area contributed by atoms with Crippen molar-refractivity contribution in [3.05, 3.63) is 53.6 Å². The van der Waals surface area contributed by atoms with Crippen LogP contribution in [0.3, 0.4) is 0 Å². The first-order valence-corrected chi connectivity index (χ1v) is 6.91. The van der Waals surface area contributed by atoms with Crippen LogP contribution in [0, 0.1) is 0 Å². The van der Waals surface area contributed by atoms with Crippen LogP contribution in [0.4, 0.5) is 0 Å². The summed E-state index contributed by atoms with van der Waals surface area (Å²) in [5.41, 5.74) is 0.900. The number of hydrogen-bond donors (Lipinski definition) is 1. The van der Waals surface area contributed by atoms with E-state index in [1.54, 1.807) is 36.4 Å². The number of phenols is 1. The predicted octanol–water partition coefficient (Wildman–Crippen LogP) is 3.31. The van der Waals surface area contributed by atoms with Crippen LogP contribution in [-0.2, 0) is 0 Å². The highest BCUT2D eigenvalue weighted by atomic mass is 16.5. The fraction of sp³-hybridized carbons (Fsp3) is 0.167. The van der Waals surface area contributed by atoms with Crippen LogP contribution in [0.25, 0.3) is 6.08 Å². The Morgan fingerprint density at radius 2 is 1.65 bits per heavy atom. The number of rotatable bonds is 6. The van der Waals surface area contributed by atoms with Gasteiger partial charge in [0.2, 0.25) is 5.75 Å². The predicted molar refractivity (Wildman–Crippen MR) is 87.6 cm³/mol. The van der Waals surface area contributed by atoms with Crippen molar-refractivity contribution in [3.63, 3.8) is 0 Å². The molecule has 2 aromatic carbocycles. The van der Waals surface area contributed by atoms with E-state index in [0.717, 1.165) is 0 Å². The van der Waals surface area contributed by atoms with Gasteiger partial charge >= 0.3 is 0 Å². The molecule has 2 rings (SSSR count). The Balaban J connectivity index is 2.36. The van der Waals surface area contributed by atoms with E-state index in [9.17, 15) is 9.90 Å². The Kier molecular flexibility index (Phi) is 5.25. The highest BCUT2D eigenvalue weighted by Crippen LogP contribution is 2.40. The van der Waals surface area contributed by atoms with E-state index in [1.807, 2.05) is 0 Å². The molecule has 0 saturated heterocycles. The molecule has 0 unspecified atom stereocenters. The van der Waals surface area contributed by atoms with Crippen LogP contribution < -0.4 is 14.2 Å². The van der Waals surface area contributed by atoms with Crippen LogP contribution in [0.5, 0.6) is 23.0 Å². The average molecular weight is 314 g/mol. The standard InChI is InChI=1S/C18H18O5/c1-21-16-11-9-12(17(22-2)18(16)23-3)8-10-15(20)13-6-4-5-7-14(13)19/h4-11,19H,1-3H3/b10-8+. The lowest BCUT2D eigenvalue weighted by atomic mass is 10.1. The second-order valence-electron chi connectivity index (χ2n) is 4.64. The van der Waals surface area contributed by atoms with Crippen LogP contribution in [0.1, 0.15) is 15.9 Å². The summed E-state index contributed by atoms with van der Waals surface area (Å²) in [5.74, 6) is 1.09. The number of aromatic hydroxyl groups is 1. The number of ketones is 1. The van der Waals surface area contributed by atoms with Gasteiger partial charge in [0, 0.05) is 5.56 Å². The summed E-state index contributed by atoms with van der Waals surface area (Å²) in [5, 5.41) is 9.71. The Morgan fingerprint density at radius 3 is 2.26 bits per heavy atom. The minimum atomic E-state index is -0.306. The number of methoxy groups -OCH3 is 3. The van der Waals surface area contributed by atoms with Gasteiger partial charge in [-0.1, -0.05) is 12.1 Å². The quantitative estimate of drug-likeness (QED) is 0.654. The molecule has 0 heterocycles. The molecule has 0 aliphatic rings. The fourth-order valence-corrected chi connectivity index (χ4v) is 2.19. The summed E-state index contributed by atoms with van der Waals surface area (Å²) in [6.07, 6.45) is 2.98. The smallest absolute Gasteiger partial charge is 0.203 e. The maximum Gasteiger partial charge on any atom is 0.203 e. The van der Waals surface area contributed by atoms with Crippen LogP contribution >= 0.6 is 0 Å². The third-order valence-corrected chi connectivity index (χ3v) is 3.32. The minimum absolute atomic E-state index is 0.0542. The van der Waals surface area contributed by atoms with Crippen molar-refractivity contribution in [2.45, 2.75) is 0 Å². The number of hydrogen-bond acceptors (Lipinski definition) is 5. The first kappa shape index (κ1) is 16.4. The Hall–Kier alpha value is -2.95. The zero-order valence-corrected chi connectivity index (χ0v) is 13.2. The van der Waals surface area contributed by atoms with Gasteiger partial charge in [0.1, 0.15) is 5.75 Å². The Morgan fingerprint density at radius 1 is 0.957 bits per heavy atom. The van der Waals surface area contributed by atoms with Crippen LogP contribution in [0.15, 0.2) is 42.5 Å². The molecule has 5 heteroatoms. The van der Waals surface area contributed by atoms with Gasteiger partial charge in [-0.2, -0.15) is 0 Å². The monoisotopic (exact) mass is 314 g/mol. The Bertz CT molecular complexity index is 734. The molecule has 0 aromatic heterocycles. The van der Waals surface area contributed by atoms with E-state index in [4.69, 9.17) is 14.2 Å². The lowest BCUT2D eigenvalue weighted by Crippen LogP contribution is -1.97. The molecule has 0 fully saturated rings. The number of para-hydroxylation sites is 1. The molecule has 0 atom stereocenters. The molecule has 5 nitrogen and oxygen atoms in total. The van der Waals surface area contributed by atoms with Crippen molar-refractivity contribution >= 4 is 11.9 Å². The van der Waals surface area contributed by atoms with E-state index in [2.05, 4.69) is 0 Å². The number of allylic oxidation sites excluding steroid dienone is 1. The van der Waals surface area contributed by atoms with Crippen molar-refractivity contribution in [1.82, 2.24) is 0 Å². The lowest BCUT2D eigenvalue weighted by molar-refractivity contribution is 0.104. The topological polar surface area (TPSA) is 65.0 Å². The molecule has 0 bridgehead atoms. The fourth-order valence-electron chi connectivity index (χ4n) is 2.19. The third kappa shape index (κ3) is 3.45. The molecule has 1 N–H and O–H groups in total. The maximum absolute atomic E-state index is 12.2. The second kappa shape index (κ2) is 7.35. The van der Waals surface area contributed by atoms with Gasteiger partial charge in [-0.05, 0) is 36.4 Å². The third-order valence-electron chi connectivity index (χ3n) is 3.32. The highest BCUT2D eigenvalue weighted by Gasteiger charge is 2.14. The van der Waals surface area contributed by atoms with E-state index >= 15 is 0 Å². The molecule has 120 valence electrons. The molecule has 23 heavy (non-hydrogen) atoms. The first-order chi connectivity index (χ1) is 11.1. The molecular weight excluding hydrogens is 296 g/mol. The number of phenolic OH excluding ortho intramolecular Hbond substituents is 1. The molecule has 0 aliphatic heterocycles. The van der Waals surface area contributed by atoms with E-state index in [-0.39, 0.29) is 17.1 Å². The van der Waals surface area contributed by atoms with Crippen molar-refractivity contribution in [3.8, 4) is 23.0 Å². The summed E-state index contributed by atoms with van der Waals surface area (Å²) in [6.45, 7) is 0. The molecule has 0 aliphatic carbocycles. The molecule has 0 radical (unpaired) electrons. The summed E-state index contributed by atoms with van der Waals surface area (Å²) < 4.78 is 15.9. The normalized spacial score (nSPS) is 10.6. The van der Waals surface area contributed by atoms with Crippen molar-refractivity contribution in [2.75, 3.05) is 21.3 Å². The SMILES string of the molecule is COc1ccc(/C=C/C(=O)c2ccccc2O)c(OC)c1OC. The summed E-state index contributed by atoms with van der Waals surface area (Å²) >= 11 is 0. The highest BCUT2D eigenvalue weighted by molar-refractivity contribution is 6.08. The van der Waals surface area contributed by atoms with Gasteiger partial charge in [0.05, 0.1) is 26.9 Å². The van der Waals surface area contributed by atoms with Gasteiger partial charge < -0.3 is 19.3 Å². The van der Waals surface area contributed by atoms with E-state index in [1.165, 1.54) is 33.5 Å². The summed E-state index contributed by atoms with van der Waals surface area (Å²) in [7, 11) is 4.56. The van der Waals surface area contributed by atoms with Crippen LogP contribution in [0.2, 0.25) is 0 Å². The zero-order valence-electron chi connectivity index (χ0n) is 13.2. The molecule has 0 amide bonds. The molecular formula is C18H18O5. The zero-order chi connectivity index (χ0) is 16.8. The maximum atomic E-state index is 12.2. The molecule has 0 spiro atoms. The number of benzene rings is 2. The van der Waals surface area contributed by atoms with E-state index < -0.39 is 0 Å². The minimum Gasteiger partial charge on any atom is -0.507 e. The largest absolute Gasteiger partial charge is 0.507 e. The van der Waals surface area contributed by atoms with Crippen LogP contribution in [-0.4, -0.2) is 32.2 Å². The van der Waals surface area contributed by atoms with Gasteiger partial charge in [-0.25, -0.2) is 0 Å². The van der Waals surface area contributed by atoms with Gasteiger partial charge in [0.25, 0.3) is 0 Å². The molecule has 0 saturated carbocycles. The number of carbonyl (C=O) groups is 1. The Labute approximate surface area is 134 Å². The van der Waals surface area contributed by atoms with Gasteiger partial charge in [-0.15, -0.1) is 0 Å². The first-order valence-electron chi connectivity index (χ1n) is 6.91. The van der Waals surface area contributed by atoms with Crippen molar-refractivity contribution in [2.24, 2.45) is 0 Å². The lowest BCUT2D eigenvalue weighted by Gasteiger charge is -2.13. The average Bonchev–Trinajstić information content (AvgIpc) is 2.58. The molecule has 2 aromatic rings. The number of carbonyl (C=O) groups excluding carboxylic acids is 1. The van der Waals surface area contributed by atoms with Crippen molar-refractivity contribution in [1.29, 1.82) is 0 Å². The van der Waals surface area contributed by atoms with Gasteiger partial charge in [0.15, 0.2) is 17.3 Å². The summed E-state index contributed by atoms with van der Waals surface area (Å²) in [6, 6.07) is 9.87. The van der Waals surface area contributed by atoms with Gasteiger partial charge in [-0.3, -0.25) is 4.79 Å². The second-order valence-corrected chi connectivity index (χ2v) is 4.64.